The quantitative estimate of drug-likeness (QED) is 0.425. The Morgan fingerprint density at radius 2 is 1.90 bits per heavy atom. The van der Waals surface area contributed by atoms with Crippen LogP contribution < -0.4 is 0 Å². The maximum Gasteiger partial charge on any atom is 0.346 e. The van der Waals surface area contributed by atoms with E-state index < -0.39 is 30.0 Å². The summed E-state index contributed by atoms with van der Waals surface area (Å²) < 4.78 is 49.5. The number of carbonyl (C=O) groups is 1. The molecule has 20 heavy (non-hydrogen) atoms. The zero-order valence-corrected chi connectivity index (χ0v) is 12.8. The van der Waals surface area contributed by atoms with Gasteiger partial charge in [-0.1, -0.05) is 18.2 Å². The first-order chi connectivity index (χ1) is 9.42. The van der Waals surface area contributed by atoms with E-state index in [0.717, 1.165) is 7.11 Å². The molecule has 7 nitrogen and oxygen atoms in total. The Bertz CT molecular complexity index is 570. The number of rotatable bonds is 7. The zero-order chi connectivity index (χ0) is 15.2. The lowest BCUT2D eigenvalue weighted by Gasteiger charge is -2.14. The molecule has 0 aliphatic heterocycles. The van der Waals surface area contributed by atoms with Gasteiger partial charge in [0.2, 0.25) is 13.9 Å². The highest BCUT2D eigenvalue weighted by atomic mass is 32.2. The fourth-order valence-electron chi connectivity index (χ4n) is 1.27. The van der Waals surface area contributed by atoms with E-state index >= 15 is 0 Å². The maximum atomic E-state index is 12.0. The fraction of sp³-hybridized carbons (Fsp3) is 0.364. The number of ether oxygens (including phenoxy) is 1. The van der Waals surface area contributed by atoms with Crippen LogP contribution >= 0.6 is 8.03 Å². The predicted octanol–water partition coefficient (Wildman–Crippen LogP) is 1.40. The molecule has 2 unspecified atom stereocenters. The Morgan fingerprint density at radius 3 is 2.40 bits per heavy atom. The van der Waals surface area contributed by atoms with Crippen LogP contribution in [0.5, 0.6) is 0 Å². The lowest BCUT2D eigenvalue weighted by Crippen LogP contribution is -2.26. The third-order valence-corrected chi connectivity index (χ3v) is 4.99. The third kappa shape index (κ3) is 4.42. The highest BCUT2D eigenvalue weighted by molar-refractivity contribution is 7.87. The summed E-state index contributed by atoms with van der Waals surface area (Å²) in [5.74, 6) is -2.86. The number of methoxy groups -OCH3 is 1. The maximum absolute atomic E-state index is 12.0. The van der Waals surface area contributed by atoms with E-state index in [2.05, 4.69) is 4.74 Å². The van der Waals surface area contributed by atoms with E-state index in [4.69, 9.17) is 8.71 Å². The molecule has 0 fully saturated rings. The molecule has 9 heteroatoms. The highest BCUT2D eigenvalue weighted by Gasteiger charge is 2.33. The Kier molecular flexibility index (Phi) is 6.35. The standard InChI is InChI=1S/C11H15O7PS/c1-3-17-19(13)11(10(12)16-2)18-20(14,15)9-7-5-4-6-8-9/h4-8,11,19H,3H2,1-2H3. The summed E-state index contributed by atoms with van der Waals surface area (Å²) in [4.78, 5) is 11.3. The van der Waals surface area contributed by atoms with Crippen molar-refractivity contribution < 1.29 is 31.2 Å². The summed E-state index contributed by atoms with van der Waals surface area (Å²) in [6, 6.07) is 7.20. The van der Waals surface area contributed by atoms with Crippen LogP contribution in [0.3, 0.4) is 0 Å². The van der Waals surface area contributed by atoms with E-state index in [9.17, 15) is 17.8 Å². The van der Waals surface area contributed by atoms with Gasteiger partial charge >= 0.3 is 5.97 Å². The number of benzene rings is 1. The third-order valence-electron chi connectivity index (χ3n) is 2.17. The second-order valence-electron chi connectivity index (χ2n) is 3.52. The van der Waals surface area contributed by atoms with Gasteiger partial charge in [-0.25, -0.2) is 8.98 Å². The van der Waals surface area contributed by atoms with E-state index in [1.807, 2.05) is 0 Å². The summed E-state index contributed by atoms with van der Waals surface area (Å²) in [7, 11) is -6.25. The van der Waals surface area contributed by atoms with Crippen LogP contribution in [0.25, 0.3) is 0 Å². The summed E-state index contributed by atoms with van der Waals surface area (Å²) in [6.07, 6.45) is 0. The van der Waals surface area contributed by atoms with Gasteiger partial charge in [-0.2, -0.15) is 8.42 Å². The summed E-state index contributed by atoms with van der Waals surface area (Å²) in [5, 5.41) is 0. The van der Waals surface area contributed by atoms with E-state index in [1.54, 1.807) is 13.0 Å². The molecule has 0 heterocycles. The Hall–Kier alpha value is -1.21. The van der Waals surface area contributed by atoms with Crippen molar-refractivity contribution in [3.05, 3.63) is 30.3 Å². The van der Waals surface area contributed by atoms with Gasteiger partial charge in [0.25, 0.3) is 10.1 Å². The van der Waals surface area contributed by atoms with Gasteiger partial charge in [0, 0.05) is 0 Å². The monoisotopic (exact) mass is 322 g/mol. The fourth-order valence-corrected chi connectivity index (χ4v) is 3.64. The molecular formula is C11H15O7PS. The molecule has 112 valence electrons. The Labute approximate surface area is 117 Å². The van der Waals surface area contributed by atoms with E-state index in [1.165, 1.54) is 24.3 Å². The second kappa shape index (κ2) is 7.54. The van der Waals surface area contributed by atoms with Crippen molar-refractivity contribution in [3.63, 3.8) is 0 Å². The average Bonchev–Trinajstić information content (AvgIpc) is 2.45. The number of hydrogen-bond acceptors (Lipinski definition) is 7. The molecular weight excluding hydrogens is 307 g/mol. The van der Waals surface area contributed by atoms with Crippen LogP contribution in [0.2, 0.25) is 0 Å². The van der Waals surface area contributed by atoms with E-state index in [-0.39, 0.29) is 11.5 Å². The van der Waals surface area contributed by atoms with Crippen molar-refractivity contribution in [2.75, 3.05) is 13.7 Å². The first kappa shape index (κ1) is 16.8. The van der Waals surface area contributed by atoms with Crippen LogP contribution in [0.4, 0.5) is 0 Å². The van der Waals surface area contributed by atoms with Crippen molar-refractivity contribution in [2.45, 2.75) is 17.7 Å². The smallest absolute Gasteiger partial charge is 0.346 e. The molecule has 0 aromatic heterocycles. The normalized spacial score (nSPS) is 14.5. The molecule has 0 amide bonds. The molecule has 0 aliphatic carbocycles. The van der Waals surface area contributed by atoms with Crippen molar-refractivity contribution in [2.24, 2.45) is 0 Å². The molecule has 0 spiro atoms. The Morgan fingerprint density at radius 1 is 1.30 bits per heavy atom. The highest BCUT2D eigenvalue weighted by Crippen LogP contribution is 2.33. The molecule has 0 bridgehead atoms. The van der Waals surface area contributed by atoms with Gasteiger partial charge in [-0.3, -0.25) is 4.57 Å². The summed E-state index contributed by atoms with van der Waals surface area (Å²) in [5.41, 5.74) is 0. The number of carbonyl (C=O) groups excluding carboxylic acids is 1. The van der Waals surface area contributed by atoms with Gasteiger partial charge in [-0.05, 0) is 19.1 Å². The lowest BCUT2D eigenvalue weighted by atomic mass is 10.4. The van der Waals surface area contributed by atoms with Gasteiger partial charge in [0.1, 0.15) is 0 Å². The first-order valence-electron chi connectivity index (χ1n) is 5.65. The molecule has 0 aliphatic rings. The number of esters is 1. The summed E-state index contributed by atoms with van der Waals surface area (Å²) in [6.45, 7) is 1.61. The minimum absolute atomic E-state index is 0.0556. The second-order valence-corrected chi connectivity index (χ2v) is 6.54. The molecule has 0 saturated carbocycles. The van der Waals surface area contributed by atoms with Gasteiger partial charge in [0.15, 0.2) is 0 Å². The lowest BCUT2D eigenvalue weighted by molar-refractivity contribution is -0.145. The molecule has 1 aromatic carbocycles. The van der Waals surface area contributed by atoms with Gasteiger partial charge in [0.05, 0.1) is 18.6 Å². The van der Waals surface area contributed by atoms with Crippen molar-refractivity contribution >= 4 is 24.1 Å². The average molecular weight is 322 g/mol. The van der Waals surface area contributed by atoms with Gasteiger partial charge < -0.3 is 9.26 Å². The van der Waals surface area contributed by atoms with E-state index in [0.29, 0.717) is 0 Å². The van der Waals surface area contributed by atoms with Crippen LogP contribution in [0.1, 0.15) is 6.92 Å². The van der Waals surface area contributed by atoms with Crippen molar-refractivity contribution in [1.82, 2.24) is 0 Å². The van der Waals surface area contributed by atoms with Crippen molar-refractivity contribution in [1.29, 1.82) is 0 Å². The molecule has 2 atom stereocenters. The minimum atomic E-state index is -4.23. The minimum Gasteiger partial charge on any atom is -0.467 e. The SMILES string of the molecule is CCO[PH](=O)C(OS(=O)(=O)c1ccccc1)C(=O)OC. The largest absolute Gasteiger partial charge is 0.467 e. The predicted molar refractivity (Wildman–Crippen MR) is 71.1 cm³/mol. The van der Waals surface area contributed by atoms with Crippen LogP contribution in [0.15, 0.2) is 35.2 Å². The first-order valence-corrected chi connectivity index (χ1v) is 8.45. The van der Waals surface area contributed by atoms with Crippen LogP contribution in [0, 0.1) is 0 Å². The Balaban J connectivity index is 3.01. The molecule has 1 aromatic rings. The molecule has 0 radical (unpaired) electrons. The van der Waals surface area contributed by atoms with Crippen LogP contribution in [-0.2, 0) is 32.9 Å². The molecule has 1 rings (SSSR count). The van der Waals surface area contributed by atoms with Crippen LogP contribution in [-0.4, -0.2) is 33.9 Å². The number of hydrogen-bond donors (Lipinski definition) is 0. The topological polar surface area (TPSA) is 96.0 Å². The summed E-state index contributed by atoms with van der Waals surface area (Å²) >= 11 is 0. The zero-order valence-electron chi connectivity index (χ0n) is 10.9. The van der Waals surface area contributed by atoms with Crippen molar-refractivity contribution in [3.8, 4) is 0 Å². The molecule has 0 saturated heterocycles. The molecule has 0 N–H and O–H groups in total. The van der Waals surface area contributed by atoms with Gasteiger partial charge in [-0.15, -0.1) is 0 Å².